The number of carbonyl (C=O) groups is 2. The molecule has 0 spiro atoms. The van der Waals surface area contributed by atoms with Crippen molar-refractivity contribution in [3.05, 3.63) is 30.3 Å². The number of piperazine rings is 1. The van der Waals surface area contributed by atoms with Crippen molar-refractivity contribution in [3.63, 3.8) is 0 Å². The molecule has 1 aromatic heterocycles. The minimum Gasteiger partial charge on any atom is -0.497 e. The van der Waals surface area contributed by atoms with Gasteiger partial charge in [0.2, 0.25) is 11.8 Å². The van der Waals surface area contributed by atoms with E-state index in [9.17, 15) is 9.59 Å². The molecule has 0 aliphatic carbocycles. The molecule has 0 atom stereocenters. The van der Waals surface area contributed by atoms with Crippen molar-refractivity contribution >= 4 is 17.6 Å². The molecule has 0 saturated carbocycles. The van der Waals surface area contributed by atoms with E-state index in [2.05, 4.69) is 33.8 Å². The van der Waals surface area contributed by atoms with Crippen LogP contribution in [-0.4, -0.2) is 110 Å². The Morgan fingerprint density at radius 3 is 2.23 bits per heavy atom. The van der Waals surface area contributed by atoms with E-state index in [0.29, 0.717) is 56.3 Å². The highest BCUT2D eigenvalue weighted by Crippen LogP contribution is 2.32. The summed E-state index contributed by atoms with van der Waals surface area (Å²) in [5, 5.41) is 8.88. The second-order valence-electron chi connectivity index (χ2n) is 10.2. The second-order valence-corrected chi connectivity index (χ2v) is 10.2. The average Bonchev–Trinajstić information content (AvgIpc) is 2.96. The lowest BCUT2D eigenvalue weighted by Crippen LogP contribution is -2.52. The highest BCUT2D eigenvalue weighted by Gasteiger charge is 2.26. The maximum atomic E-state index is 13.2. The first-order chi connectivity index (χ1) is 18.8. The minimum absolute atomic E-state index is 0.000615. The fourth-order valence-electron chi connectivity index (χ4n) is 4.67. The first-order valence-electron chi connectivity index (χ1n) is 13.9. The molecular weight excluding hydrogens is 496 g/mol. The van der Waals surface area contributed by atoms with Gasteiger partial charge in [0, 0.05) is 57.3 Å². The number of ether oxygens (including phenoxy) is 2. The van der Waals surface area contributed by atoms with Gasteiger partial charge in [0.05, 0.1) is 26.5 Å². The summed E-state index contributed by atoms with van der Waals surface area (Å²) in [5.41, 5.74) is 1.55. The predicted octanol–water partition coefficient (Wildman–Crippen LogP) is 3.03. The fraction of sp³-hybridized carbons (Fsp3) is 0.586. The van der Waals surface area contributed by atoms with Crippen LogP contribution in [0, 0.1) is 5.92 Å². The molecule has 1 aliphatic rings. The third-order valence-electron chi connectivity index (χ3n) is 7.13. The van der Waals surface area contributed by atoms with Gasteiger partial charge in [0.1, 0.15) is 11.5 Å². The molecule has 3 rings (SSSR count). The third kappa shape index (κ3) is 8.29. The van der Waals surface area contributed by atoms with Gasteiger partial charge in [-0.1, -0.05) is 27.7 Å². The van der Waals surface area contributed by atoms with Gasteiger partial charge in [0.15, 0.2) is 5.82 Å². The lowest BCUT2D eigenvalue weighted by Gasteiger charge is -2.36. The van der Waals surface area contributed by atoms with E-state index in [4.69, 9.17) is 9.47 Å². The van der Waals surface area contributed by atoms with E-state index in [0.717, 1.165) is 31.0 Å². The summed E-state index contributed by atoms with van der Waals surface area (Å²) >= 11 is 0. The van der Waals surface area contributed by atoms with Crippen LogP contribution in [0.25, 0.3) is 11.3 Å². The van der Waals surface area contributed by atoms with Crippen LogP contribution in [0.5, 0.6) is 11.5 Å². The van der Waals surface area contributed by atoms with Crippen LogP contribution in [0.2, 0.25) is 0 Å². The van der Waals surface area contributed by atoms with E-state index >= 15 is 0 Å². The zero-order valence-corrected chi connectivity index (χ0v) is 24.4. The molecule has 1 aliphatic heterocycles. The van der Waals surface area contributed by atoms with E-state index in [-0.39, 0.29) is 24.3 Å². The summed E-state index contributed by atoms with van der Waals surface area (Å²) in [5.74, 6) is 2.45. The molecular formula is C29H44N6O4. The largest absolute Gasteiger partial charge is 0.497 e. The molecule has 1 saturated heterocycles. The lowest BCUT2D eigenvalue weighted by molar-refractivity contribution is -0.141. The molecule has 0 N–H and O–H groups in total. The van der Waals surface area contributed by atoms with Crippen molar-refractivity contribution in [2.24, 2.45) is 5.92 Å². The molecule has 10 heteroatoms. The predicted molar refractivity (Wildman–Crippen MR) is 153 cm³/mol. The fourth-order valence-corrected chi connectivity index (χ4v) is 4.67. The zero-order chi connectivity index (χ0) is 28.4. The molecule has 2 heterocycles. The molecule has 0 bridgehead atoms. The Labute approximate surface area is 232 Å². The van der Waals surface area contributed by atoms with Gasteiger partial charge in [-0.2, -0.15) is 0 Å². The quantitative estimate of drug-likeness (QED) is 0.383. The normalized spacial score (nSPS) is 13.6. The molecule has 10 nitrogen and oxygen atoms in total. The number of rotatable bonds is 13. The number of carbonyl (C=O) groups excluding carboxylic acids is 2. The van der Waals surface area contributed by atoms with Crippen molar-refractivity contribution < 1.29 is 19.1 Å². The molecule has 214 valence electrons. The Bertz CT molecular complexity index is 1070. The van der Waals surface area contributed by atoms with Gasteiger partial charge in [-0.15, -0.1) is 10.2 Å². The molecule has 0 radical (unpaired) electrons. The summed E-state index contributed by atoms with van der Waals surface area (Å²) in [7, 11) is 3.23. The van der Waals surface area contributed by atoms with Crippen LogP contribution in [-0.2, 0) is 9.59 Å². The highest BCUT2D eigenvalue weighted by atomic mass is 16.5. The molecule has 1 aromatic carbocycles. The smallest absolute Gasteiger partial charge is 0.242 e. The first-order valence-corrected chi connectivity index (χ1v) is 13.9. The summed E-state index contributed by atoms with van der Waals surface area (Å²) in [4.78, 5) is 34.1. The number of anilines is 1. The maximum absolute atomic E-state index is 13.2. The van der Waals surface area contributed by atoms with Crippen LogP contribution < -0.4 is 14.4 Å². The highest BCUT2D eigenvalue weighted by molar-refractivity contribution is 5.85. The standard InChI is InChI=1S/C29H44N6O4/c1-7-32(8-2)13-14-35(28(36)19-22(3)4)21-29(37)34-17-15-33(16-18-34)27-12-11-25(30-31-27)24-10-9-23(38-5)20-26(24)39-6/h9-12,20,22H,7-8,13-19,21H2,1-6H3. The number of aromatic nitrogens is 2. The van der Waals surface area contributed by atoms with Crippen LogP contribution in [0.4, 0.5) is 5.82 Å². The Balaban J connectivity index is 1.59. The monoisotopic (exact) mass is 540 g/mol. The van der Waals surface area contributed by atoms with E-state index in [1.165, 1.54) is 0 Å². The Morgan fingerprint density at radius 1 is 0.949 bits per heavy atom. The number of amides is 2. The van der Waals surface area contributed by atoms with Crippen molar-refractivity contribution in [1.29, 1.82) is 0 Å². The Morgan fingerprint density at radius 2 is 1.67 bits per heavy atom. The average molecular weight is 541 g/mol. The lowest BCUT2D eigenvalue weighted by atomic mass is 10.1. The van der Waals surface area contributed by atoms with Crippen molar-refractivity contribution in [1.82, 2.24) is 24.9 Å². The summed E-state index contributed by atoms with van der Waals surface area (Å²) in [6.45, 7) is 14.1. The van der Waals surface area contributed by atoms with Gasteiger partial charge in [0.25, 0.3) is 0 Å². The molecule has 39 heavy (non-hydrogen) atoms. The number of methoxy groups -OCH3 is 2. The number of benzene rings is 1. The molecule has 2 aromatic rings. The second kappa shape index (κ2) is 14.7. The third-order valence-corrected chi connectivity index (χ3v) is 7.13. The first kappa shape index (κ1) is 30.1. The number of hydrogen-bond acceptors (Lipinski definition) is 8. The van der Waals surface area contributed by atoms with Gasteiger partial charge >= 0.3 is 0 Å². The van der Waals surface area contributed by atoms with Crippen molar-refractivity contribution in [2.45, 2.75) is 34.1 Å². The SMILES string of the molecule is CCN(CC)CCN(CC(=O)N1CCN(c2ccc(-c3ccc(OC)cc3OC)nn2)CC1)C(=O)CC(C)C. The molecule has 0 unspecified atom stereocenters. The Hall–Kier alpha value is -3.40. The van der Waals surface area contributed by atoms with Gasteiger partial charge in [-0.05, 0) is 43.3 Å². The minimum atomic E-state index is -0.000615. The van der Waals surface area contributed by atoms with Crippen LogP contribution >= 0.6 is 0 Å². The number of likely N-dealkylation sites (N-methyl/N-ethyl adjacent to an activating group) is 1. The molecule has 1 fully saturated rings. The van der Waals surface area contributed by atoms with E-state index < -0.39 is 0 Å². The number of nitrogens with zero attached hydrogens (tertiary/aromatic N) is 6. The van der Waals surface area contributed by atoms with E-state index in [1.54, 1.807) is 19.1 Å². The van der Waals surface area contributed by atoms with E-state index in [1.807, 2.05) is 49.1 Å². The molecule has 2 amide bonds. The van der Waals surface area contributed by atoms with Gasteiger partial charge in [-0.3, -0.25) is 9.59 Å². The van der Waals surface area contributed by atoms with Crippen LogP contribution in [0.1, 0.15) is 34.1 Å². The zero-order valence-electron chi connectivity index (χ0n) is 24.4. The summed E-state index contributed by atoms with van der Waals surface area (Å²) in [6, 6.07) is 9.47. The maximum Gasteiger partial charge on any atom is 0.242 e. The van der Waals surface area contributed by atoms with Crippen LogP contribution in [0.15, 0.2) is 30.3 Å². The van der Waals surface area contributed by atoms with Crippen molar-refractivity contribution in [2.75, 3.05) is 78.0 Å². The number of hydrogen-bond donors (Lipinski definition) is 0. The van der Waals surface area contributed by atoms with Crippen molar-refractivity contribution in [3.8, 4) is 22.8 Å². The summed E-state index contributed by atoms with van der Waals surface area (Å²) in [6.07, 6.45) is 0.455. The summed E-state index contributed by atoms with van der Waals surface area (Å²) < 4.78 is 10.8. The van der Waals surface area contributed by atoms with Gasteiger partial charge < -0.3 is 29.1 Å². The topological polar surface area (TPSA) is 91.3 Å². The van der Waals surface area contributed by atoms with Crippen LogP contribution in [0.3, 0.4) is 0 Å². The van der Waals surface area contributed by atoms with Gasteiger partial charge in [-0.25, -0.2) is 0 Å². The Kier molecular flexibility index (Phi) is 11.3.